The van der Waals surface area contributed by atoms with Crippen LogP contribution in [0.15, 0.2) is 30.3 Å². The van der Waals surface area contributed by atoms with Gasteiger partial charge in [0.15, 0.2) is 0 Å². The minimum Gasteiger partial charge on any atom is -0.353 e. The number of hydrogen-bond acceptors (Lipinski definition) is 3. The van der Waals surface area contributed by atoms with Crippen molar-refractivity contribution in [3.63, 3.8) is 0 Å². The molecule has 0 aliphatic carbocycles. The van der Waals surface area contributed by atoms with Gasteiger partial charge in [-0.15, -0.1) is 0 Å². The quantitative estimate of drug-likeness (QED) is 0.777. The van der Waals surface area contributed by atoms with E-state index in [1.165, 1.54) is 0 Å². The minimum atomic E-state index is -0.484. The van der Waals surface area contributed by atoms with E-state index >= 15 is 0 Å². The Labute approximate surface area is 109 Å². The summed E-state index contributed by atoms with van der Waals surface area (Å²) in [6.45, 7) is 2.68. The van der Waals surface area contributed by atoms with Gasteiger partial charge in [0, 0.05) is 12.6 Å². The van der Waals surface area contributed by atoms with Crippen LogP contribution in [0.25, 0.3) is 0 Å². The van der Waals surface area contributed by atoms with Gasteiger partial charge in [-0.2, -0.15) is 0 Å². The molecule has 0 saturated carbocycles. The number of carbonyl (C=O) groups is 1. The second-order valence-electron chi connectivity index (χ2n) is 4.85. The fourth-order valence-corrected chi connectivity index (χ4v) is 1.52. The lowest BCUT2D eigenvalue weighted by Crippen LogP contribution is -2.46. The van der Waals surface area contributed by atoms with Crippen molar-refractivity contribution in [2.24, 2.45) is 5.73 Å². The van der Waals surface area contributed by atoms with Crippen LogP contribution in [-0.2, 0) is 11.2 Å². The number of nitrogens with one attached hydrogen (secondary N) is 1. The number of carbonyl (C=O) groups excluding carboxylic acids is 1. The van der Waals surface area contributed by atoms with Crippen LogP contribution in [0.5, 0.6) is 0 Å². The van der Waals surface area contributed by atoms with E-state index in [1.54, 1.807) is 0 Å². The van der Waals surface area contributed by atoms with E-state index in [1.807, 2.05) is 44.4 Å². The van der Waals surface area contributed by atoms with E-state index in [2.05, 4.69) is 17.1 Å². The Hall–Kier alpha value is -1.39. The average Bonchev–Trinajstić information content (AvgIpc) is 2.36. The van der Waals surface area contributed by atoms with Crippen molar-refractivity contribution < 1.29 is 4.79 Å². The molecule has 0 spiro atoms. The van der Waals surface area contributed by atoms with Crippen LogP contribution in [0.3, 0.4) is 0 Å². The molecule has 0 aliphatic heterocycles. The highest BCUT2D eigenvalue weighted by atomic mass is 16.2. The Balaban J connectivity index is 2.38. The summed E-state index contributed by atoms with van der Waals surface area (Å²) < 4.78 is 0. The van der Waals surface area contributed by atoms with Gasteiger partial charge >= 0.3 is 0 Å². The van der Waals surface area contributed by atoms with Crippen LogP contribution in [0.2, 0.25) is 0 Å². The molecule has 0 fully saturated rings. The van der Waals surface area contributed by atoms with Gasteiger partial charge in [0.2, 0.25) is 5.91 Å². The molecule has 0 aliphatic rings. The second kappa shape index (κ2) is 7.13. The number of nitrogens with two attached hydrogens (primary N) is 1. The summed E-state index contributed by atoms with van der Waals surface area (Å²) in [6.07, 6.45) is 0.572. The molecule has 0 aromatic heterocycles. The molecule has 100 valence electrons. The fraction of sp³-hybridized carbons (Fsp3) is 0.500. The van der Waals surface area contributed by atoms with Crippen molar-refractivity contribution in [2.45, 2.75) is 25.4 Å². The molecule has 4 heteroatoms. The third-order valence-corrected chi connectivity index (χ3v) is 3.09. The summed E-state index contributed by atoms with van der Waals surface area (Å²) in [5.74, 6) is -0.0902. The summed E-state index contributed by atoms with van der Waals surface area (Å²) in [6, 6.07) is 9.64. The first kappa shape index (κ1) is 14.7. The number of likely N-dealkylation sites (N-methyl/N-ethyl adjacent to an activating group) is 1. The van der Waals surface area contributed by atoms with Gasteiger partial charge < -0.3 is 16.0 Å². The Kier molecular flexibility index (Phi) is 5.82. The Morgan fingerprint density at radius 1 is 1.33 bits per heavy atom. The maximum atomic E-state index is 11.8. The highest BCUT2D eigenvalue weighted by Crippen LogP contribution is 2.01. The fourth-order valence-electron chi connectivity index (χ4n) is 1.52. The molecule has 1 rings (SSSR count). The molecule has 2 unspecified atom stereocenters. The Bertz CT molecular complexity index is 365. The standard InChI is InChI=1S/C14H23N3O/c1-11(17(2)3)10-16-14(18)13(15)9-12-7-5-4-6-8-12/h4-8,11,13H,9-10,15H2,1-3H3,(H,16,18). The Morgan fingerprint density at radius 3 is 2.50 bits per heavy atom. The molecule has 1 aromatic rings. The molecule has 2 atom stereocenters. The van der Waals surface area contributed by atoms with Crippen LogP contribution in [0.4, 0.5) is 0 Å². The maximum absolute atomic E-state index is 11.8. The SMILES string of the molecule is CC(CNC(=O)C(N)Cc1ccccc1)N(C)C. The summed E-state index contributed by atoms with van der Waals surface area (Å²) in [5, 5.41) is 2.88. The topological polar surface area (TPSA) is 58.4 Å². The summed E-state index contributed by atoms with van der Waals surface area (Å²) in [4.78, 5) is 13.9. The average molecular weight is 249 g/mol. The van der Waals surface area contributed by atoms with Gasteiger partial charge in [0.05, 0.1) is 6.04 Å². The molecule has 0 bridgehead atoms. The molecule has 1 amide bonds. The zero-order chi connectivity index (χ0) is 13.5. The molecule has 0 saturated heterocycles. The van der Waals surface area contributed by atoms with Gasteiger partial charge in [-0.3, -0.25) is 4.79 Å². The third kappa shape index (κ3) is 4.85. The lowest BCUT2D eigenvalue weighted by Gasteiger charge is -2.21. The predicted molar refractivity (Wildman–Crippen MR) is 74.3 cm³/mol. The molecular formula is C14H23N3O. The van der Waals surface area contributed by atoms with Gasteiger partial charge in [-0.1, -0.05) is 30.3 Å². The van der Waals surface area contributed by atoms with E-state index in [0.29, 0.717) is 19.0 Å². The van der Waals surface area contributed by atoms with Gasteiger partial charge in [-0.25, -0.2) is 0 Å². The molecule has 18 heavy (non-hydrogen) atoms. The molecular weight excluding hydrogens is 226 g/mol. The zero-order valence-electron chi connectivity index (χ0n) is 11.4. The van der Waals surface area contributed by atoms with Crippen molar-refractivity contribution >= 4 is 5.91 Å². The minimum absolute atomic E-state index is 0.0902. The molecule has 1 aromatic carbocycles. The van der Waals surface area contributed by atoms with Crippen LogP contribution in [0.1, 0.15) is 12.5 Å². The summed E-state index contributed by atoms with van der Waals surface area (Å²) in [5.41, 5.74) is 6.97. The van der Waals surface area contributed by atoms with Crippen LogP contribution in [0, 0.1) is 0 Å². The van der Waals surface area contributed by atoms with Crippen molar-refractivity contribution in [3.05, 3.63) is 35.9 Å². The van der Waals surface area contributed by atoms with Crippen molar-refractivity contribution in [1.82, 2.24) is 10.2 Å². The number of hydrogen-bond donors (Lipinski definition) is 2. The van der Waals surface area contributed by atoms with Gasteiger partial charge in [-0.05, 0) is 33.0 Å². The van der Waals surface area contributed by atoms with E-state index in [-0.39, 0.29) is 5.91 Å². The molecule has 0 radical (unpaired) electrons. The van der Waals surface area contributed by atoms with E-state index in [0.717, 1.165) is 5.56 Å². The van der Waals surface area contributed by atoms with Crippen LogP contribution < -0.4 is 11.1 Å². The molecule has 4 nitrogen and oxygen atoms in total. The van der Waals surface area contributed by atoms with E-state index in [9.17, 15) is 4.79 Å². The summed E-state index contributed by atoms with van der Waals surface area (Å²) in [7, 11) is 3.97. The van der Waals surface area contributed by atoms with Gasteiger partial charge in [0.25, 0.3) is 0 Å². The lowest BCUT2D eigenvalue weighted by molar-refractivity contribution is -0.122. The van der Waals surface area contributed by atoms with Crippen molar-refractivity contribution in [1.29, 1.82) is 0 Å². The largest absolute Gasteiger partial charge is 0.353 e. The Morgan fingerprint density at radius 2 is 1.94 bits per heavy atom. The van der Waals surface area contributed by atoms with Gasteiger partial charge in [0.1, 0.15) is 0 Å². The van der Waals surface area contributed by atoms with Crippen molar-refractivity contribution in [2.75, 3.05) is 20.6 Å². The monoisotopic (exact) mass is 249 g/mol. The number of rotatable bonds is 6. The first-order valence-corrected chi connectivity index (χ1v) is 6.24. The molecule has 0 heterocycles. The van der Waals surface area contributed by atoms with Crippen molar-refractivity contribution in [3.8, 4) is 0 Å². The normalized spacial score (nSPS) is 14.3. The molecule has 3 N–H and O–H groups in total. The first-order chi connectivity index (χ1) is 8.50. The predicted octanol–water partition coefficient (Wildman–Crippen LogP) is 0.623. The zero-order valence-corrected chi connectivity index (χ0v) is 11.4. The summed E-state index contributed by atoms with van der Waals surface area (Å²) >= 11 is 0. The second-order valence-corrected chi connectivity index (χ2v) is 4.85. The smallest absolute Gasteiger partial charge is 0.237 e. The van der Waals surface area contributed by atoms with Crippen LogP contribution >= 0.6 is 0 Å². The third-order valence-electron chi connectivity index (χ3n) is 3.09. The number of amides is 1. The maximum Gasteiger partial charge on any atom is 0.237 e. The van der Waals surface area contributed by atoms with E-state index in [4.69, 9.17) is 5.73 Å². The first-order valence-electron chi connectivity index (χ1n) is 6.24. The van der Waals surface area contributed by atoms with E-state index < -0.39 is 6.04 Å². The van der Waals surface area contributed by atoms with Crippen LogP contribution in [-0.4, -0.2) is 43.5 Å². The highest BCUT2D eigenvalue weighted by Gasteiger charge is 2.15. The highest BCUT2D eigenvalue weighted by molar-refractivity contribution is 5.81. The number of nitrogens with zero attached hydrogens (tertiary/aromatic N) is 1. The number of benzene rings is 1. The lowest BCUT2D eigenvalue weighted by atomic mass is 10.1.